The Kier molecular flexibility index (Phi) is 5.51. The van der Waals surface area contributed by atoms with Gasteiger partial charge in [-0.2, -0.15) is 5.10 Å². The molecule has 1 amide bonds. The Hall–Kier alpha value is -2.48. The Labute approximate surface area is 153 Å². The Bertz CT molecular complexity index is 731. The number of amides is 1. The molecule has 0 aromatic carbocycles. The van der Waals surface area contributed by atoms with Gasteiger partial charge in [-0.3, -0.25) is 4.79 Å². The van der Waals surface area contributed by atoms with Crippen molar-refractivity contribution in [1.29, 1.82) is 0 Å². The standard InChI is InChI=1S/C18H26N6O2/c1-18(2,24-13-20-12-22-24)17(25)23-8-9-26-15(11-23)5-4-14-6-7-21-16(10-14)19-3/h6-7,10,12-13,15H,4-5,8-9,11H2,1-3H3,(H,19,21). The summed E-state index contributed by atoms with van der Waals surface area (Å²) in [6.45, 7) is 5.49. The van der Waals surface area contributed by atoms with Crippen molar-refractivity contribution >= 4 is 11.7 Å². The van der Waals surface area contributed by atoms with Gasteiger partial charge in [-0.1, -0.05) is 0 Å². The Morgan fingerprint density at radius 3 is 3.04 bits per heavy atom. The van der Waals surface area contributed by atoms with Crippen molar-refractivity contribution in [1.82, 2.24) is 24.6 Å². The zero-order valence-electron chi connectivity index (χ0n) is 15.6. The summed E-state index contributed by atoms with van der Waals surface area (Å²) in [6.07, 6.45) is 6.62. The van der Waals surface area contributed by atoms with Gasteiger partial charge in [-0.15, -0.1) is 0 Å². The molecule has 0 aliphatic carbocycles. The van der Waals surface area contributed by atoms with Gasteiger partial charge in [-0.25, -0.2) is 14.6 Å². The third kappa shape index (κ3) is 4.01. The number of hydrogen-bond acceptors (Lipinski definition) is 6. The first kappa shape index (κ1) is 18.3. The number of pyridine rings is 1. The smallest absolute Gasteiger partial charge is 0.250 e. The van der Waals surface area contributed by atoms with Gasteiger partial charge in [-0.05, 0) is 44.4 Å². The van der Waals surface area contributed by atoms with Crippen LogP contribution >= 0.6 is 0 Å². The number of rotatable bonds is 6. The fourth-order valence-corrected chi connectivity index (χ4v) is 3.15. The number of aromatic nitrogens is 4. The second kappa shape index (κ2) is 7.82. The molecule has 2 aromatic rings. The molecule has 0 radical (unpaired) electrons. The second-order valence-electron chi connectivity index (χ2n) is 6.98. The number of carbonyl (C=O) groups excluding carboxylic acids is 1. The quantitative estimate of drug-likeness (QED) is 0.838. The first-order chi connectivity index (χ1) is 12.5. The van der Waals surface area contributed by atoms with Gasteiger partial charge in [0.1, 0.15) is 24.0 Å². The molecule has 2 aromatic heterocycles. The lowest BCUT2D eigenvalue weighted by molar-refractivity contribution is -0.147. The Balaban J connectivity index is 1.59. The molecular weight excluding hydrogens is 332 g/mol. The van der Waals surface area contributed by atoms with E-state index >= 15 is 0 Å². The average molecular weight is 358 g/mol. The molecule has 1 atom stereocenters. The normalized spacial score (nSPS) is 18.0. The first-order valence-electron chi connectivity index (χ1n) is 8.89. The molecule has 3 rings (SSSR count). The van der Waals surface area contributed by atoms with Crippen LogP contribution in [0.1, 0.15) is 25.8 Å². The van der Waals surface area contributed by atoms with Crippen molar-refractivity contribution in [3.63, 3.8) is 0 Å². The van der Waals surface area contributed by atoms with Crippen LogP contribution in [-0.4, -0.2) is 63.4 Å². The van der Waals surface area contributed by atoms with Crippen LogP contribution in [0.4, 0.5) is 5.82 Å². The highest BCUT2D eigenvalue weighted by atomic mass is 16.5. The van der Waals surface area contributed by atoms with Crippen LogP contribution in [0.15, 0.2) is 31.0 Å². The number of nitrogens with one attached hydrogen (secondary N) is 1. The second-order valence-corrected chi connectivity index (χ2v) is 6.98. The van der Waals surface area contributed by atoms with E-state index in [0.29, 0.717) is 19.7 Å². The zero-order valence-corrected chi connectivity index (χ0v) is 15.6. The van der Waals surface area contributed by atoms with Gasteiger partial charge in [0, 0.05) is 26.3 Å². The van der Waals surface area contributed by atoms with Crippen LogP contribution < -0.4 is 5.32 Å². The molecule has 8 nitrogen and oxygen atoms in total. The lowest BCUT2D eigenvalue weighted by Crippen LogP contribution is -2.53. The molecule has 26 heavy (non-hydrogen) atoms. The first-order valence-corrected chi connectivity index (χ1v) is 8.89. The maximum absolute atomic E-state index is 13.0. The van der Waals surface area contributed by atoms with Crippen LogP contribution in [0.2, 0.25) is 0 Å². The zero-order chi connectivity index (χ0) is 18.6. The predicted molar refractivity (Wildman–Crippen MR) is 97.8 cm³/mol. The lowest BCUT2D eigenvalue weighted by atomic mass is 10.0. The fraction of sp³-hybridized carbons (Fsp3) is 0.556. The van der Waals surface area contributed by atoms with E-state index in [0.717, 1.165) is 18.7 Å². The van der Waals surface area contributed by atoms with E-state index in [1.165, 1.54) is 11.9 Å². The van der Waals surface area contributed by atoms with Crippen molar-refractivity contribution < 1.29 is 9.53 Å². The predicted octanol–water partition coefficient (Wildman–Crippen LogP) is 1.31. The molecule has 0 saturated carbocycles. The minimum atomic E-state index is -0.759. The largest absolute Gasteiger partial charge is 0.375 e. The number of aryl methyl sites for hydroxylation is 1. The summed E-state index contributed by atoms with van der Waals surface area (Å²) in [4.78, 5) is 23.0. The highest BCUT2D eigenvalue weighted by Crippen LogP contribution is 2.21. The molecule has 0 spiro atoms. The highest BCUT2D eigenvalue weighted by Gasteiger charge is 2.36. The lowest BCUT2D eigenvalue weighted by Gasteiger charge is -2.37. The maximum Gasteiger partial charge on any atom is 0.250 e. The van der Waals surface area contributed by atoms with Gasteiger partial charge in [0.05, 0.1) is 12.7 Å². The molecule has 1 aliphatic heterocycles. The molecular formula is C18H26N6O2. The minimum Gasteiger partial charge on any atom is -0.375 e. The molecule has 1 unspecified atom stereocenters. The summed E-state index contributed by atoms with van der Waals surface area (Å²) in [5.41, 5.74) is 0.449. The summed E-state index contributed by atoms with van der Waals surface area (Å²) in [6, 6.07) is 4.06. The van der Waals surface area contributed by atoms with Gasteiger partial charge in [0.25, 0.3) is 0 Å². The third-order valence-corrected chi connectivity index (χ3v) is 4.78. The number of ether oxygens (including phenoxy) is 1. The molecule has 1 N–H and O–H groups in total. The minimum absolute atomic E-state index is 0.0328. The van der Waals surface area contributed by atoms with Crippen molar-refractivity contribution in [3.8, 4) is 0 Å². The van der Waals surface area contributed by atoms with Gasteiger partial charge in [0.15, 0.2) is 0 Å². The van der Waals surface area contributed by atoms with E-state index in [1.54, 1.807) is 17.2 Å². The summed E-state index contributed by atoms with van der Waals surface area (Å²) < 4.78 is 7.49. The van der Waals surface area contributed by atoms with Crippen LogP contribution in [0.3, 0.4) is 0 Å². The SMILES string of the molecule is CNc1cc(CCC2CN(C(=O)C(C)(C)n3cncn3)CCO2)ccn1. The van der Waals surface area contributed by atoms with E-state index < -0.39 is 5.54 Å². The molecule has 140 valence electrons. The number of hydrogen-bond donors (Lipinski definition) is 1. The molecule has 0 bridgehead atoms. The van der Waals surface area contributed by atoms with E-state index in [1.807, 2.05) is 37.9 Å². The van der Waals surface area contributed by atoms with E-state index in [-0.39, 0.29) is 12.0 Å². The van der Waals surface area contributed by atoms with Crippen LogP contribution in [0.5, 0.6) is 0 Å². The summed E-state index contributed by atoms with van der Waals surface area (Å²) in [5.74, 6) is 0.899. The summed E-state index contributed by atoms with van der Waals surface area (Å²) in [7, 11) is 1.86. The topological polar surface area (TPSA) is 85.2 Å². The van der Waals surface area contributed by atoms with E-state index in [2.05, 4.69) is 20.4 Å². The van der Waals surface area contributed by atoms with E-state index in [4.69, 9.17) is 4.74 Å². The van der Waals surface area contributed by atoms with Crippen molar-refractivity contribution in [3.05, 3.63) is 36.5 Å². The maximum atomic E-state index is 13.0. The van der Waals surface area contributed by atoms with Gasteiger partial charge < -0.3 is 15.0 Å². The van der Waals surface area contributed by atoms with Crippen LogP contribution in [-0.2, 0) is 21.5 Å². The Morgan fingerprint density at radius 1 is 1.46 bits per heavy atom. The van der Waals surface area contributed by atoms with Gasteiger partial charge in [0.2, 0.25) is 5.91 Å². The molecule has 3 heterocycles. The highest BCUT2D eigenvalue weighted by molar-refractivity contribution is 5.83. The number of morpholine rings is 1. The summed E-state index contributed by atoms with van der Waals surface area (Å²) >= 11 is 0. The third-order valence-electron chi connectivity index (χ3n) is 4.78. The van der Waals surface area contributed by atoms with Gasteiger partial charge >= 0.3 is 0 Å². The van der Waals surface area contributed by atoms with E-state index in [9.17, 15) is 4.79 Å². The van der Waals surface area contributed by atoms with Crippen LogP contribution in [0, 0.1) is 0 Å². The average Bonchev–Trinajstić information content (AvgIpc) is 3.22. The number of carbonyl (C=O) groups is 1. The molecule has 8 heteroatoms. The van der Waals surface area contributed by atoms with Crippen molar-refractivity contribution in [2.24, 2.45) is 0 Å². The molecule has 1 aliphatic rings. The molecule has 1 saturated heterocycles. The number of nitrogens with zero attached hydrogens (tertiary/aromatic N) is 5. The summed E-state index contributed by atoms with van der Waals surface area (Å²) in [5, 5.41) is 7.18. The number of anilines is 1. The van der Waals surface area contributed by atoms with Crippen molar-refractivity contribution in [2.75, 3.05) is 32.1 Å². The molecule has 1 fully saturated rings. The fourth-order valence-electron chi connectivity index (χ4n) is 3.15. The monoisotopic (exact) mass is 358 g/mol. The Morgan fingerprint density at radius 2 is 2.31 bits per heavy atom. The van der Waals surface area contributed by atoms with Crippen LogP contribution in [0.25, 0.3) is 0 Å². The van der Waals surface area contributed by atoms with Crippen molar-refractivity contribution in [2.45, 2.75) is 38.3 Å².